The van der Waals surface area contributed by atoms with E-state index in [0.717, 1.165) is 0 Å². The van der Waals surface area contributed by atoms with E-state index in [2.05, 4.69) is 18.4 Å². The topological polar surface area (TPSA) is 12.0 Å². The summed E-state index contributed by atoms with van der Waals surface area (Å²) in [6, 6.07) is 0. The summed E-state index contributed by atoms with van der Waals surface area (Å²) in [6.45, 7) is 2.10. The normalized spacial score (nSPS) is 30.5. The van der Waals surface area contributed by atoms with Gasteiger partial charge in [0.1, 0.15) is 0 Å². The van der Waals surface area contributed by atoms with Crippen LogP contribution in [0.25, 0.3) is 0 Å². The van der Waals surface area contributed by atoms with E-state index < -0.39 is 0 Å². The molecule has 1 atom stereocenters. The molecule has 0 spiro atoms. The van der Waals surface area contributed by atoms with Gasteiger partial charge in [-0.05, 0) is 12.3 Å². The zero-order valence-electron chi connectivity index (χ0n) is 3.56. The van der Waals surface area contributed by atoms with Crippen molar-refractivity contribution in [3.63, 3.8) is 0 Å². The van der Waals surface area contributed by atoms with Gasteiger partial charge in [0.05, 0.1) is 11.6 Å². The molecule has 1 radical (unpaired) electrons. The van der Waals surface area contributed by atoms with Crippen molar-refractivity contribution < 1.29 is 0 Å². The molecule has 0 bridgehead atoms. The Morgan fingerprint density at radius 1 is 2.00 bits per heavy atom. The summed E-state index contributed by atoms with van der Waals surface area (Å²) < 4.78 is 0. The van der Waals surface area contributed by atoms with Crippen molar-refractivity contribution in [2.75, 3.05) is 0 Å². The van der Waals surface area contributed by atoms with E-state index in [1.165, 1.54) is 0 Å². The summed E-state index contributed by atoms with van der Waals surface area (Å²) in [7, 11) is 0. The molecule has 1 rings (SSSR count). The summed E-state index contributed by atoms with van der Waals surface area (Å²) in [5.74, 6) is 0. The van der Waals surface area contributed by atoms with Crippen LogP contribution in [0.15, 0.2) is 5.41 Å². The van der Waals surface area contributed by atoms with Crippen LogP contribution in [0, 0.1) is 6.20 Å². The molecule has 2 heteroatoms. The van der Waals surface area contributed by atoms with Crippen LogP contribution in [0.2, 0.25) is 0 Å². The summed E-state index contributed by atoms with van der Waals surface area (Å²) in [5, 5.41) is 5.46. The quantitative estimate of drug-likeness (QED) is 0.486. The lowest BCUT2D eigenvalue weighted by molar-refractivity contribution is 0.854. The van der Waals surface area contributed by atoms with Crippen molar-refractivity contribution in [3.05, 3.63) is 11.6 Å². The van der Waals surface area contributed by atoms with Crippen molar-refractivity contribution in [1.29, 1.82) is 0 Å². The van der Waals surface area contributed by atoms with Crippen molar-refractivity contribution in [2.24, 2.45) is 0 Å². The Hall–Kier alpha value is -0.110. The molecular weight excluding hydrogens is 94.1 g/mol. The second-order valence-electron chi connectivity index (χ2n) is 1.18. The molecule has 1 nitrogen and oxygen atoms in total. The first kappa shape index (κ1) is 4.06. The largest absolute Gasteiger partial charge is 0.371 e. The molecule has 0 fully saturated rings. The highest BCUT2D eigenvalue weighted by Crippen LogP contribution is 2.12. The standard InChI is InChI=1S/C4H6NS/c1-4-5-2-3-6-4/h3-5H,1H3. The molecule has 1 unspecified atom stereocenters. The zero-order chi connectivity index (χ0) is 4.41. The highest BCUT2D eigenvalue weighted by atomic mass is 32.2. The van der Waals surface area contributed by atoms with Gasteiger partial charge in [0.15, 0.2) is 0 Å². The van der Waals surface area contributed by atoms with Crippen LogP contribution in [-0.4, -0.2) is 5.37 Å². The van der Waals surface area contributed by atoms with Crippen molar-refractivity contribution >= 4 is 11.8 Å². The first-order valence-electron chi connectivity index (χ1n) is 1.88. The maximum atomic E-state index is 2.98. The molecule has 1 aliphatic rings. The van der Waals surface area contributed by atoms with E-state index in [1.807, 2.05) is 5.41 Å². The van der Waals surface area contributed by atoms with E-state index in [1.54, 1.807) is 11.8 Å². The molecule has 0 saturated heterocycles. The average molecular weight is 100 g/mol. The van der Waals surface area contributed by atoms with Crippen LogP contribution in [0.5, 0.6) is 0 Å². The van der Waals surface area contributed by atoms with E-state index in [9.17, 15) is 0 Å². The van der Waals surface area contributed by atoms with Crippen LogP contribution in [-0.2, 0) is 0 Å². The molecule has 0 aromatic heterocycles. The molecule has 33 valence electrons. The number of thioether (sulfide) groups is 1. The summed E-state index contributed by atoms with van der Waals surface area (Å²) >= 11 is 1.75. The van der Waals surface area contributed by atoms with Gasteiger partial charge in [-0.15, -0.1) is 11.8 Å². The molecule has 6 heavy (non-hydrogen) atoms. The molecule has 1 N–H and O–H groups in total. The fraction of sp³-hybridized carbons (Fsp3) is 0.500. The van der Waals surface area contributed by atoms with Crippen LogP contribution in [0.4, 0.5) is 0 Å². The third-order valence-electron chi connectivity index (χ3n) is 0.618. The molecule has 1 heterocycles. The van der Waals surface area contributed by atoms with E-state index in [0.29, 0.717) is 5.37 Å². The van der Waals surface area contributed by atoms with E-state index in [4.69, 9.17) is 0 Å². The second kappa shape index (κ2) is 1.56. The summed E-state index contributed by atoms with van der Waals surface area (Å²) in [6.07, 6.45) is 2.86. The predicted octanol–water partition coefficient (Wildman–Crippen LogP) is 0.943. The average Bonchev–Trinajstić information content (AvgIpc) is 1.86. The number of nitrogens with one attached hydrogen (secondary N) is 1. The number of hydrogen-bond acceptors (Lipinski definition) is 2. The minimum absolute atomic E-state index is 0.546. The third-order valence-corrected chi connectivity index (χ3v) is 1.40. The number of rotatable bonds is 0. The molecule has 0 aliphatic carbocycles. The Morgan fingerprint density at radius 3 is 3.00 bits per heavy atom. The van der Waals surface area contributed by atoms with Gasteiger partial charge in [-0.3, -0.25) is 0 Å². The Kier molecular flexibility index (Phi) is 1.05. The van der Waals surface area contributed by atoms with Crippen molar-refractivity contribution in [2.45, 2.75) is 12.3 Å². The second-order valence-corrected chi connectivity index (χ2v) is 2.40. The maximum Gasteiger partial charge on any atom is 0.0736 e. The van der Waals surface area contributed by atoms with Gasteiger partial charge in [0.25, 0.3) is 0 Å². The first-order valence-corrected chi connectivity index (χ1v) is 2.82. The van der Waals surface area contributed by atoms with Gasteiger partial charge < -0.3 is 5.32 Å². The monoisotopic (exact) mass is 100 g/mol. The van der Waals surface area contributed by atoms with E-state index >= 15 is 0 Å². The lowest BCUT2D eigenvalue weighted by atomic mass is 10.7. The lowest BCUT2D eigenvalue weighted by Crippen LogP contribution is -2.09. The van der Waals surface area contributed by atoms with Crippen LogP contribution in [0.3, 0.4) is 0 Å². The lowest BCUT2D eigenvalue weighted by Gasteiger charge is -1.95. The minimum Gasteiger partial charge on any atom is -0.371 e. The number of hydrogen-bond donors (Lipinski definition) is 1. The molecular formula is C4H6NS. The van der Waals surface area contributed by atoms with Gasteiger partial charge in [0.2, 0.25) is 0 Å². The van der Waals surface area contributed by atoms with Crippen molar-refractivity contribution in [3.8, 4) is 0 Å². The minimum atomic E-state index is 0.546. The highest BCUT2D eigenvalue weighted by molar-refractivity contribution is 8.02. The van der Waals surface area contributed by atoms with E-state index in [-0.39, 0.29) is 0 Å². The molecule has 1 aliphatic heterocycles. The first-order chi connectivity index (χ1) is 2.89. The SMILES string of the molecule is CC1N[C]=CS1. The Labute approximate surface area is 41.8 Å². The molecule has 0 aromatic rings. The Balaban J connectivity index is 2.32. The van der Waals surface area contributed by atoms with Crippen molar-refractivity contribution in [1.82, 2.24) is 5.32 Å². The molecule has 0 saturated carbocycles. The van der Waals surface area contributed by atoms with Gasteiger partial charge in [-0.25, -0.2) is 0 Å². The molecule has 0 aromatic carbocycles. The summed E-state index contributed by atoms with van der Waals surface area (Å²) in [4.78, 5) is 0. The third kappa shape index (κ3) is 0.684. The smallest absolute Gasteiger partial charge is 0.0736 e. The van der Waals surface area contributed by atoms with Crippen LogP contribution >= 0.6 is 11.8 Å². The van der Waals surface area contributed by atoms with Crippen LogP contribution < -0.4 is 5.32 Å². The zero-order valence-corrected chi connectivity index (χ0v) is 4.38. The molecule has 0 amide bonds. The predicted molar refractivity (Wildman–Crippen MR) is 28.0 cm³/mol. The van der Waals surface area contributed by atoms with Crippen LogP contribution in [0.1, 0.15) is 6.92 Å². The Morgan fingerprint density at radius 2 is 2.83 bits per heavy atom. The summed E-state index contributed by atoms with van der Waals surface area (Å²) in [5.41, 5.74) is 0. The van der Waals surface area contributed by atoms with Gasteiger partial charge in [-0.1, -0.05) is 0 Å². The maximum absolute atomic E-state index is 2.98. The fourth-order valence-electron chi connectivity index (χ4n) is 0.321. The van der Waals surface area contributed by atoms with Gasteiger partial charge in [-0.2, -0.15) is 0 Å². The van der Waals surface area contributed by atoms with Gasteiger partial charge >= 0.3 is 0 Å². The Bertz CT molecular complexity index is 61.9. The van der Waals surface area contributed by atoms with Gasteiger partial charge in [0, 0.05) is 0 Å². The highest BCUT2D eigenvalue weighted by Gasteiger charge is 1.99. The fourth-order valence-corrected chi connectivity index (χ4v) is 0.798.